The van der Waals surface area contributed by atoms with Crippen molar-refractivity contribution in [2.75, 3.05) is 5.32 Å². The molecule has 0 unspecified atom stereocenters. The van der Waals surface area contributed by atoms with E-state index in [2.05, 4.69) is 10.3 Å². The first kappa shape index (κ1) is 14.7. The first-order chi connectivity index (χ1) is 10.4. The van der Waals surface area contributed by atoms with E-state index < -0.39 is 11.7 Å². The molecule has 0 bridgehead atoms. The number of nitrogens with zero attached hydrogens (tertiary/aromatic N) is 1. The molecule has 3 rings (SSSR count). The smallest absolute Gasteiger partial charge is 0.355 e. The molecule has 112 valence electrons. The highest BCUT2D eigenvalue weighted by Gasteiger charge is 2.29. The number of benzene rings is 2. The monoisotopic (exact) mass is 322 g/mol. The van der Waals surface area contributed by atoms with Gasteiger partial charge in [-0.05, 0) is 48.5 Å². The Bertz CT molecular complexity index is 814. The predicted octanol–water partition coefficient (Wildman–Crippen LogP) is 5.65. The largest absolute Gasteiger partial charge is 0.416 e. The zero-order chi connectivity index (χ0) is 15.7. The van der Waals surface area contributed by atoms with Crippen molar-refractivity contribution >= 4 is 33.9 Å². The molecule has 2 nitrogen and oxygen atoms in total. The quantitative estimate of drug-likeness (QED) is 0.659. The third-order valence-electron chi connectivity index (χ3n) is 3.20. The number of nitrogens with one attached hydrogen (secondary N) is 1. The number of fused-ring (bicyclic) bond motifs is 1. The summed E-state index contributed by atoms with van der Waals surface area (Å²) in [6, 6.07) is 11.9. The molecule has 0 fully saturated rings. The number of aromatic nitrogens is 1. The van der Waals surface area contributed by atoms with Crippen LogP contribution in [0.5, 0.6) is 0 Å². The molecule has 0 spiro atoms. The number of anilines is 2. The molecule has 0 atom stereocenters. The summed E-state index contributed by atoms with van der Waals surface area (Å²) in [7, 11) is 0. The van der Waals surface area contributed by atoms with Gasteiger partial charge in [0.1, 0.15) is 0 Å². The highest BCUT2D eigenvalue weighted by atomic mass is 35.5. The van der Waals surface area contributed by atoms with Gasteiger partial charge >= 0.3 is 6.18 Å². The average Bonchev–Trinajstić information content (AvgIpc) is 2.47. The number of alkyl halides is 3. The number of rotatable bonds is 2. The minimum atomic E-state index is -4.33. The number of hydrogen-bond donors (Lipinski definition) is 1. The van der Waals surface area contributed by atoms with Gasteiger partial charge in [-0.3, -0.25) is 4.98 Å². The van der Waals surface area contributed by atoms with E-state index in [1.54, 1.807) is 24.4 Å². The molecule has 0 amide bonds. The van der Waals surface area contributed by atoms with Gasteiger partial charge in [-0.1, -0.05) is 11.6 Å². The maximum atomic E-state index is 12.6. The van der Waals surface area contributed by atoms with Gasteiger partial charge in [-0.2, -0.15) is 13.2 Å². The summed E-state index contributed by atoms with van der Waals surface area (Å²) >= 11 is 5.92. The summed E-state index contributed by atoms with van der Waals surface area (Å²) in [4.78, 5) is 4.22. The van der Waals surface area contributed by atoms with Crippen molar-refractivity contribution < 1.29 is 13.2 Å². The molecule has 1 N–H and O–H groups in total. The third kappa shape index (κ3) is 2.99. The zero-order valence-electron chi connectivity index (χ0n) is 11.2. The van der Waals surface area contributed by atoms with Crippen molar-refractivity contribution in [2.45, 2.75) is 6.18 Å². The minimum absolute atomic E-state index is 0.565. The Kier molecular flexibility index (Phi) is 3.66. The van der Waals surface area contributed by atoms with Gasteiger partial charge in [0.2, 0.25) is 0 Å². The molecule has 0 saturated carbocycles. The maximum Gasteiger partial charge on any atom is 0.416 e. The first-order valence-electron chi connectivity index (χ1n) is 6.42. The van der Waals surface area contributed by atoms with Gasteiger partial charge in [0.25, 0.3) is 0 Å². The van der Waals surface area contributed by atoms with Crippen LogP contribution >= 0.6 is 11.6 Å². The summed E-state index contributed by atoms with van der Waals surface area (Å²) in [6.07, 6.45) is -2.72. The topological polar surface area (TPSA) is 24.9 Å². The average molecular weight is 323 g/mol. The van der Waals surface area contributed by atoms with Crippen LogP contribution in [0.25, 0.3) is 10.9 Å². The van der Waals surface area contributed by atoms with Crippen molar-refractivity contribution in [3.05, 3.63) is 65.3 Å². The molecule has 1 heterocycles. The van der Waals surface area contributed by atoms with Gasteiger partial charge in [-0.25, -0.2) is 0 Å². The fraction of sp³-hybridized carbons (Fsp3) is 0.0625. The molecule has 6 heteroatoms. The first-order valence-corrected chi connectivity index (χ1v) is 6.80. The molecule has 2 aromatic carbocycles. The van der Waals surface area contributed by atoms with Crippen LogP contribution < -0.4 is 5.32 Å². The predicted molar refractivity (Wildman–Crippen MR) is 81.5 cm³/mol. The van der Waals surface area contributed by atoms with Crippen molar-refractivity contribution in [1.82, 2.24) is 4.98 Å². The second-order valence-corrected chi connectivity index (χ2v) is 5.16. The Labute approximate surface area is 129 Å². The lowest BCUT2D eigenvalue weighted by molar-refractivity contribution is -0.137. The molecule has 1 aromatic heterocycles. The Hall–Kier alpha value is -2.27. The molecular formula is C16H10ClF3N2. The molecule has 0 aliphatic rings. The van der Waals surface area contributed by atoms with Gasteiger partial charge in [0.05, 0.1) is 11.1 Å². The van der Waals surface area contributed by atoms with E-state index >= 15 is 0 Å². The fourth-order valence-electron chi connectivity index (χ4n) is 2.13. The maximum absolute atomic E-state index is 12.6. The Morgan fingerprint density at radius 2 is 1.68 bits per heavy atom. The standard InChI is InChI=1S/C16H10ClF3N2/c17-11-3-6-13-14(7-8-21-15(13)9-11)22-12-4-1-10(2-5-12)16(18,19)20/h1-9H,(H,21,22). The van der Waals surface area contributed by atoms with E-state index in [1.165, 1.54) is 12.1 Å². The van der Waals surface area contributed by atoms with Crippen LogP contribution in [0.15, 0.2) is 54.7 Å². The lowest BCUT2D eigenvalue weighted by Crippen LogP contribution is -2.04. The minimum Gasteiger partial charge on any atom is -0.355 e. The van der Waals surface area contributed by atoms with Crippen LogP contribution in [0.3, 0.4) is 0 Å². The van der Waals surface area contributed by atoms with E-state index in [1.807, 2.05) is 6.07 Å². The summed E-state index contributed by atoms with van der Waals surface area (Å²) in [5, 5.41) is 4.51. The second kappa shape index (κ2) is 5.50. The highest BCUT2D eigenvalue weighted by molar-refractivity contribution is 6.31. The van der Waals surface area contributed by atoms with Gasteiger partial charge in [0.15, 0.2) is 0 Å². The number of pyridine rings is 1. The lowest BCUT2D eigenvalue weighted by atomic mass is 10.1. The summed E-state index contributed by atoms with van der Waals surface area (Å²) in [5.74, 6) is 0. The molecule has 3 aromatic rings. The van der Waals surface area contributed by atoms with Crippen LogP contribution in [0.4, 0.5) is 24.5 Å². The van der Waals surface area contributed by atoms with E-state index in [4.69, 9.17) is 11.6 Å². The van der Waals surface area contributed by atoms with Crippen LogP contribution in [0.1, 0.15) is 5.56 Å². The van der Waals surface area contributed by atoms with Crippen molar-refractivity contribution in [1.29, 1.82) is 0 Å². The Balaban J connectivity index is 1.93. The second-order valence-electron chi connectivity index (χ2n) is 4.72. The van der Waals surface area contributed by atoms with Gasteiger partial charge in [0, 0.05) is 28.0 Å². The van der Waals surface area contributed by atoms with Crippen LogP contribution in [-0.4, -0.2) is 4.98 Å². The fourth-order valence-corrected chi connectivity index (χ4v) is 2.29. The van der Waals surface area contributed by atoms with Crippen LogP contribution in [-0.2, 0) is 6.18 Å². The van der Waals surface area contributed by atoms with Gasteiger partial charge in [-0.15, -0.1) is 0 Å². The molecule has 0 radical (unpaired) electrons. The van der Waals surface area contributed by atoms with E-state index in [0.29, 0.717) is 16.2 Å². The molecular weight excluding hydrogens is 313 g/mol. The van der Waals surface area contributed by atoms with Gasteiger partial charge < -0.3 is 5.32 Å². The highest BCUT2D eigenvalue weighted by Crippen LogP contribution is 2.31. The third-order valence-corrected chi connectivity index (χ3v) is 3.43. The number of hydrogen-bond acceptors (Lipinski definition) is 2. The Morgan fingerprint density at radius 3 is 2.36 bits per heavy atom. The van der Waals surface area contributed by atoms with E-state index in [9.17, 15) is 13.2 Å². The SMILES string of the molecule is FC(F)(F)c1ccc(Nc2ccnc3cc(Cl)ccc23)cc1. The lowest BCUT2D eigenvalue weighted by Gasteiger charge is -2.11. The zero-order valence-corrected chi connectivity index (χ0v) is 11.9. The van der Waals surface area contributed by atoms with E-state index in [0.717, 1.165) is 23.2 Å². The summed E-state index contributed by atoms with van der Waals surface area (Å²) < 4.78 is 37.7. The summed E-state index contributed by atoms with van der Waals surface area (Å²) in [6.45, 7) is 0. The van der Waals surface area contributed by atoms with Crippen molar-refractivity contribution in [2.24, 2.45) is 0 Å². The molecule has 0 aliphatic carbocycles. The van der Waals surface area contributed by atoms with Crippen LogP contribution in [0, 0.1) is 0 Å². The van der Waals surface area contributed by atoms with Crippen molar-refractivity contribution in [3.63, 3.8) is 0 Å². The normalized spacial score (nSPS) is 11.6. The van der Waals surface area contributed by atoms with Crippen molar-refractivity contribution in [3.8, 4) is 0 Å². The molecule has 0 saturated heterocycles. The summed E-state index contributed by atoms with van der Waals surface area (Å²) in [5.41, 5.74) is 1.35. The number of halogens is 4. The van der Waals surface area contributed by atoms with Crippen LogP contribution in [0.2, 0.25) is 5.02 Å². The Morgan fingerprint density at radius 1 is 0.955 bits per heavy atom. The molecule has 22 heavy (non-hydrogen) atoms. The molecule has 0 aliphatic heterocycles. The van der Waals surface area contributed by atoms with E-state index in [-0.39, 0.29) is 0 Å².